The second-order valence-corrected chi connectivity index (χ2v) is 8.48. The third kappa shape index (κ3) is 5.44. The van der Waals surface area contributed by atoms with Crippen molar-refractivity contribution < 1.29 is 13.5 Å². The summed E-state index contributed by atoms with van der Waals surface area (Å²) < 4.78 is 29.0. The van der Waals surface area contributed by atoms with Crippen LogP contribution in [0.15, 0.2) is 24.3 Å². The van der Waals surface area contributed by atoms with Gasteiger partial charge >= 0.3 is 6.61 Å². The molecule has 26 heavy (non-hydrogen) atoms. The standard InChI is InChI=1S/C23H34F2O/c1-2-3-4-17-5-7-18(8-6-17)19-9-11-20(12-10-19)21-13-15-22(16-14-21)26-23(24)25/h13-20,23H,2-12H2,1H3/t17-,18-,19-,20-. The van der Waals surface area contributed by atoms with Gasteiger partial charge < -0.3 is 4.74 Å². The summed E-state index contributed by atoms with van der Waals surface area (Å²) in [6.45, 7) is -0.447. The maximum absolute atomic E-state index is 12.3. The molecule has 0 unspecified atom stereocenters. The monoisotopic (exact) mass is 364 g/mol. The van der Waals surface area contributed by atoms with Gasteiger partial charge in [0.15, 0.2) is 0 Å². The van der Waals surface area contributed by atoms with Crippen molar-refractivity contribution in [2.45, 2.75) is 90.1 Å². The van der Waals surface area contributed by atoms with Crippen LogP contribution in [0.2, 0.25) is 0 Å². The van der Waals surface area contributed by atoms with Gasteiger partial charge in [-0.2, -0.15) is 8.78 Å². The zero-order valence-corrected chi connectivity index (χ0v) is 16.1. The van der Waals surface area contributed by atoms with Gasteiger partial charge in [0, 0.05) is 0 Å². The fourth-order valence-corrected chi connectivity index (χ4v) is 5.29. The molecule has 0 spiro atoms. The molecular weight excluding hydrogens is 330 g/mol. The molecule has 0 atom stereocenters. The molecule has 2 saturated carbocycles. The zero-order valence-electron chi connectivity index (χ0n) is 16.1. The molecule has 0 radical (unpaired) electrons. The Morgan fingerprint density at radius 3 is 2.00 bits per heavy atom. The first-order valence-corrected chi connectivity index (χ1v) is 10.7. The lowest BCUT2D eigenvalue weighted by molar-refractivity contribution is -0.0498. The van der Waals surface area contributed by atoms with Gasteiger partial charge in [-0.15, -0.1) is 0 Å². The van der Waals surface area contributed by atoms with E-state index >= 15 is 0 Å². The summed E-state index contributed by atoms with van der Waals surface area (Å²) >= 11 is 0. The van der Waals surface area contributed by atoms with E-state index in [2.05, 4.69) is 11.7 Å². The van der Waals surface area contributed by atoms with Crippen molar-refractivity contribution in [3.63, 3.8) is 0 Å². The highest BCUT2D eigenvalue weighted by molar-refractivity contribution is 5.29. The van der Waals surface area contributed by atoms with Crippen molar-refractivity contribution in [2.75, 3.05) is 0 Å². The lowest BCUT2D eigenvalue weighted by atomic mass is 9.68. The smallest absolute Gasteiger partial charge is 0.387 e. The molecular formula is C23H34F2O. The van der Waals surface area contributed by atoms with Gasteiger partial charge in [-0.05, 0) is 79.9 Å². The first-order valence-electron chi connectivity index (χ1n) is 10.7. The minimum atomic E-state index is -2.74. The van der Waals surface area contributed by atoms with Crippen LogP contribution in [0.3, 0.4) is 0 Å². The van der Waals surface area contributed by atoms with Crippen LogP contribution in [0, 0.1) is 17.8 Å². The highest BCUT2D eigenvalue weighted by atomic mass is 19.3. The number of halogens is 2. The number of hydrogen-bond donors (Lipinski definition) is 0. The van der Waals surface area contributed by atoms with E-state index in [0.29, 0.717) is 5.92 Å². The van der Waals surface area contributed by atoms with E-state index in [0.717, 1.165) is 17.8 Å². The number of unbranched alkanes of at least 4 members (excludes halogenated alkanes) is 1. The maximum atomic E-state index is 12.3. The van der Waals surface area contributed by atoms with Gasteiger partial charge in [0.1, 0.15) is 5.75 Å². The van der Waals surface area contributed by atoms with Gasteiger partial charge in [-0.1, -0.05) is 51.2 Å². The quantitative estimate of drug-likeness (QED) is 0.485. The Labute approximate surface area is 157 Å². The largest absolute Gasteiger partial charge is 0.435 e. The molecule has 1 nitrogen and oxygen atoms in total. The Balaban J connectivity index is 1.43. The Bertz CT molecular complexity index is 512. The van der Waals surface area contributed by atoms with Crippen molar-refractivity contribution >= 4 is 0 Å². The molecule has 0 aromatic heterocycles. The van der Waals surface area contributed by atoms with E-state index in [1.807, 2.05) is 12.1 Å². The molecule has 146 valence electrons. The van der Waals surface area contributed by atoms with E-state index in [1.54, 1.807) is 12.1 Å². The van der Waals surface area contributed by atoms with E-state index in [4.69, 9.17) is 0 Å². The topological polar surface area (TPSA) is 9.23 Å². The normalized spacial score (nSPS) is 29.7. The second kappa shape index (κ2) is 9.71. The van der Waals surface area contributed by atoms with Crippen molar-refractivity contribution in [2.24, 2.45) is 17.8 Å². The summed E-state index contributed by atoms with van der Waals surface area (Å²) in [4.78, 5) is 0. The van der Waals surface area contributed by atoms with Gasteiger partial charge in [0.2, 0.25) is 0 Å². The SMILES string of the molecule is CCCC[C@H]1CC[C@H]([C@H]2CC[C@H](c3ccc(OC(F)F)cc3)CC2)CC1. The highest BCUT2D eigenvalue weighted by Crippen LogP contribution is 2.44. The number of ether oxygens (including phenoxy) is 1. The molecule has 3 rings (SSSR count). The molecule has 0 amide bonds. The molecule has 2 fully saturated rings. The molecule has 3 heteroatoms. The van der Waals surface area contributed by atoms with E-state index in [-0.39, 0.29) is 5.75 Å². The molecule has 0 heterocycles. The minimum Gasteiger partial charge on any atom is -0.435 e. The van der Waals surface area contributed by atoms with Crippen molar-refractivity contribution in [1.82, 2.24) is 0 Å². The van der Waals surface area contributed by atoms with E-state index in [9.17, 15) is 8.78 Å². The molecule has 1 aromatic rings. The van der Waals surface area contributed by atoms with Gasteiger partial charge in [0.25, 0.3) is 0 Å². The van der Waals surface area contributed by atoms with Crippen LogP contribution < -0.4 is 4.74 Å². The summed E-state index contributed by atoms with van der Waals surface area (Å²) in [5.41, 5.74) is 1.29. The van der Waals surface area contributed by atoms with Crippen LogP contribution in [0.4, 0.5) is 8.78 Å². The fourth-order valence-electron chi connectivity index (χ4n) is 5.29. The Morgan fingerprint density at radius 2 is 1.46 bits per heavy atom. The second-order valence-electron chi connectivity index (χ2n) is 8.48. The third-order valence-corrected chi connectivity index (χ3v) is 6.87. The van der Waals surface area contributed by atoms with Crippen LogP contribution >= 0.6 is 0 Å². The molecule has 2 aliphatic rings. The van der Waals surface area contributed by atoms with Gasteiger partial charge in [0.05, 0.1) is 0 Å². The van der Waals surface area contributed by atoms with Crippen LogP contribution in [0.1, 0.15) is 89.0 Å². The minimum absolute atomic E-state index is 0.261. The van der Waals surface area contributed by atoms with Gasteiger partial charge in [-0.3, -0.25) is 0 Å². The predicted molar refractivity (Wildman–Crippen MR) is 103 cm³/mol. The predicted octanol–water partition coefficient (Wildman–Crippen LogP) is 7.56. The number of benzene rings is 1. The van der Waals surface area contributed by atoms with Gasteiger partial charge in [-0.25, -0.2) is 0 Å². The van der Waals surface area contributed by atoms with Crippen LogP contribution in [-0.4, -0.2) is 6.61 Å². The Hall–Kier alpha value is -1.12. The molecule has 2 aliphatic carbocycles. The highest BCUT2D eigenvalue weighted by Gasteiger charge is 2.31. The number of hydrogen-bond acceptors (Lipinski definition) is 1. The lowest BCUT2D eigenvalue weighted by Gasteiger charge is -2.38. The van der Waals surface area contributed by atoms with Crippen molar-refractivity contribution in [3.05, 3.63) is 29.8 Å². The van der Waals surface area contributed by atoms with Crippen molar-refractivity contribution in [3.8, 4) is 5.75 Å². The molecule has 1 aromatic carbocycles. The first-order chi connectivity index (χ1) is 12.7. The number of rotatable bonds is 7. The van der Waals surface area contributed by atoms with E-state index in [1.165, 1.54) is 76.2 Å². The average Bonchev–Trinajstić information content (AvgIpc) is 2.67. The summed E-state index contributed by atoms with van der Waals surface area (Å²) in [6, 6.07) is 7.32. The van der Waals surface area contributed by atoms with Crippen LogP contribution in [-0.2, 0) is 0 Å². The average molecular weight is 365 g/mol. The molecule has 0 saturated heterocycles. The summed E-state index contributed by atoms with van der Waals surface area (Å²) in [5.74, 6) is 3.72. The lowest BCUT2D eigenvalue weighted by Crippen LogP contribution is -2.25. The van der Waals surface area contributed by atoms with Crippen LogP contribution in [0.25, 0.3) is 0 Å². The summed E-state index contributed by atoms with van der Waals surface area (Å²) in [7, 11) is 0. The zero-order chi connectivity index (χ0) is 18.4. The number of alkyl halides is 2. The fraction of sp³-hybridized carbons (Fsp3) is 0.739. The Kier molecular flexibility index (Phi) is 7.33. The van der Waals surface area contributed by atoms with E-state index < -0.39 is 6.61 Å². The maximum Gasteiger partial charge on any atom is 0.387 e. The molecule has 0 N–H and O–H groups in total. The van der Waals surface area contributed by atoms with Crippen LogP contribution in [0.5, 0.6) is 5.75 Å². The molecule has 0 bridgehead atoms. The molecule has 0 aliphatic heterocycles. The third-order valence-electron chi connectivity index (χ3n) is 6.87. The summed E-state index contributed by atoms with van der Waals surface area (Å²) in [6.07, 6.45) is 15.2. The first kappa shape index (κ1) is 19.6. The Morgan fingerprint density at radius 1 is 0.885 bits per heavy atom. The summed E-state index contributed by atoms with van der Waals surface area (Å²) in [5, 5.41) is 0. The van der Waals surface area contributed by atoms with Crippen molar-refractivity contribution in [1.29, 1.82) is 0 Å².